The summed E-state index contributed by atoms with van der Waals surface area (Å²) in [4.78, 5) is 18.8. The number of anilines is 1. The van der Waals surface area contributed by atoms with Gasteiger partial charge in [-0.25, -0.2) is 9.67 Å². The number of aromatic nitrogens is 4. The average Bonchev–Trinajstić information content (AvgIpc) is 3.17. The minimum Gasteiger partial charge on any atom is -0.386 e. The van der Waals surface area contributed by atoms with Crippen LogP contribution in [0.4, 0.5) is 5.82 Å². The Hall–Kier alpha value is -2.48. The van der Waals surface area contributed by atoms with Crippen molar-refractivity contribution in [1.82, 2.24) is 24.9 Å². The third-order valence-corrected chi connectivity index (χ3v) is 4.01. The van der Waals surface area contributed by atoms with E-state index >= 15 is 0 Å². The van der Waals surface area contributed by atoms with Crippen LogP contribution in [0.25, 0.3) is 0 Å². The van der Waals surface area contributed by atoms with E-state index in [1.54, 1.807) is 40.3 Å². The van der Waals surface area contributed by atoms with Gasteiger partial charge in [-0.3, -0.25) is 4.79 Å². The molecule has 0 spiro atoms. The van der Waals surface area contributed by atoms with Crippen LogP contribution in [0, 0.1) is 0 Å². The largest absolute Gasteiger partial charge is 0.386 e. The highest BCUT2D eigenvalue weighted by molar-refractivity contribution is 5.99. The van der Waals surface area contributed by atoms with Crippen LogP contribution in [0.3, 0.4) is 0 Å². The van der Waals surface area contributed by atoms with Crippen molar-refractivity contribution in [1.29, 1.82) is 0 Å². The number of nitrogens with zero attached hydrogens (tertiary/aromatic N) is 5. The second-order valence-electron chi connectivity index (χ2n) is 6.50. The van der Waals surface area contributed by atoms with Crippen LogP contribution in [0.15, 0.2) is 30.7 Å². The summed E-state index contributed by atoms with van der Waals surface area (Å²) < 4.78 is 1.59. The topological polar surface area (TPSA) is 96.2 Å². The van der Waals surface area contributed by atoms with Gasteiger partial charge >= 0.3 is 0 Å². The van der Waals surface area contributed by atoms with E-state index in [4.69, 9.17) is 0 Å². The molecule has 1 unspecified atom stereocenters. The summed E-state index contributed by atoms with van der Waals surface area (Å²) in [5.74, 6) is 0.449. The highest BCUT2D eigenvalue weighted by Gasteiger charge is 2.39. The molecule has 0 aliphatic carbocycles. The van der Waals surface area contributed by atoms with Gasteiger partial charge in [0.15, 0.2) is 0 Å². The van der Waals surface area contributed by atoms with E-state index in [-0.39, 0.29) is 18.5 Å². The average molecular weight is 330 g/mol. The Morgan fingerprint density at radius 2 is 2.29 bits per heavy atom. The predicted molar refractivity (Wildman–Crippen MR) is 88.5 cm³/mol. The quantitative estimate of drug-likeness (QED) is 0.841. The van der Waals surface area contributed by atoms with E-state index in [0.717, 1.165) is 0 Å². The molecule has 8 nitrogen and oxygen atoms in total. The lowest BCUT2D eigenvalue weighted by molar-refractivity contribution is 0.0267. The number of carbonyl (C=O) groups excluding carboxylic acids is 1. The zero-order valence-corrected chi connectivity index (χ0v) is 13.9. The number of aliphatic hydroxyl groups is 1. The van der Waals surface area contributed by atoms with E-state index in [1.165, 1.54) is 0 Å². The Labute approximate surface area is 140 Å². The fraction of sp³-hybridized carbons (Fsp3) is 0.500. The van der Waals surface area contributed by atoms with Crippen molar-refractivity contribution in [2.24, 2.45) is 0 Å². The summed E-state index contributed by atoms with van der Waals surface area (Å²) in [5, 5.41) is 21.5. The molecule has 3 heterocycles. The fourth-order valence-electron chi connectivity index (χ4n) is 2.91. The Morgan fingerprint density at radius 1 is 1.46 bits per heavy atom. The number of likely N-dealkylation sites (tertiary alicyclic amines) is 1. The molecule has 2 N–H and O–H groups in total. The molecule has 1 aliphatic rings. The standard InChI is InChI=1S/C16H22N6O2/c1-12(2)19-14-13(4-3-6-17-14)15(23)21-8-5-16(24,10-21)11-22-9-7-18-20-22/h3-4,6-7,9,12,24H,5,8,10-11H2,1-2H3,(H,17,19). The molecule has 1 aliphatic heterocycles. The Bertz CT molecular complexity index is 702. The third-order valence-electron chi connectivity index (χ3n) is 4.01. The SMILES string of the molecule is CC(C)Nc1ncccc1C(=O)N1CCC(O)(Cn2ccnn2)C1. The van der Waals surface area contributed by atoms with E-state index in [1.807, 2.05) is 13.8 Å². The van der Waals surface area contributed by atoms with Crippen molar-refractivity contribution in [2.75, 3.05) is 18.4 Å². The number of hydrogen-bond acceptors (Lipinski definition) is 6. The molecule has 0 bridgehead atoms. The fourth-order valence-corrected chi connectivity index (χ4v) is 2.91. The first-order valence-corrected chi connectivity index (χ1v) is 8.04. The number of rotatable bonds is 5. The van der Waals surface area contributed by atoms with Gasteiger partial charge < -0.3 is 15.3 Å². The zero-order chi connectivity index (χ0) is 17.2. The van der Waals surface area contributed by atoms with Crippen molar-refractivity contribution in [3.8, 4) is 0 Å². The number of amides is 1. The van der Waals surface area contributed by atoms with Crippen molar-refractivity contribution in [2.45, 2.75) is 38.5 Å². The maximum Gasteiger partial charge on any atom is 0.257 e. The molecule has 2 aromatic rings. The number of nitrogens with one attached hydrogen (secondary N) is 1. The number of pyridine rings is 1. The lowest BCUT2D eigenvalue weighted by Crippen LogP contribution is -2.39. The first-order valence-electron chi connectivity index (χ1n) is 8.04. The van der Waals surface area contributed by atoms with Crippen molar-refractivity contribution >= 4 is 11.7 Å². The van der Waals surface area contributed by atoms with Gasteiger partial charge in [-0.1, -0.05) is 5.21 Å². The van der Waals surface area contributed by atoms with Gasteiger partial charge in [0.25, 0.3) is 5.91 Å². The molecular formula is C16H22N6O2. The van der Waals surface area contributed by atoms with Gasteiger partial charge in [-0.15, -0.1) is 5.10 Å². The van der Waals surface area contributed by atoms with Gasteiger partial charge in [0.05, 0.1) is 24.8 Å². The van der Waals surface area contributed by atoms with Crippen molar-refractivity contribution in [3.63, 3.8) is 0 Å². The molecule has 0 aromatic carbocycles. The van der Waals surface area contributed by atoms with Crippen LogP contribution in [0.5, 0.6) is 0 Å². The summed E-state index contributed by atoms with van der Waals surface area (Å²) in [6, 6.07) is 3.68. The lowest BCUT2D eigenvalue weighted by Gasteiger charge is -2.23. The van der Waals surface area contributed by atoms with Crippen LogP contribution in [0.1, 0.15) is 30.6 Å². The Balaban J connectivity index is 1.73. The van der Waals surface area contributed by atoms with Crippen molar-refractivity contribution < 1.29 is 9.90 Å². The molecule has 0 radical (unpaired) electrons. The minimum absolute atomic E-state index is 0.124. The molecule has 2 aromatic heterocycles. The number of carbonyl (C=O) groups is 1. The summed E-state index contributed by atoms with van der Waals surface area (Å²) in [7, 11) is 0. The Morgan fingerprint density at radius 3 is 3.00 bits per heavy atom. The second kappa shape index (κ2) is 6.56. The molecule has 1 amide bonds. The molecule has 1 fully saturated rings. The van der Waals surface area contributed by atoms with E-state index in [0.29, 0.717) is 30.9 Å². The molecule has 8 heteroatoms. The first kappa shape index (κ1) is 16.4. The normalized spacial score (nSPS) is 20.6. The Kier molecular flexibility index (Phi) is 4.48. The molecule has 1 atom stereocenters. The summed E-state index contributed by atoms with van der Waals surface area (Å²) in [6.07, 6.45) is 5.44. The van der Waals surface area contributed by atoms with Crippen LogP contribution >= 0.6 is 0 Å². The van der Waals surface area contributed by atoms with Gasteiger partial charge in [-0.2, -0.15) is 0 Å². The van der Waals surface area contributed by atoms with Crippen LogP contribution in [0.2, 0.25) is 0 Å². The van der Waals surface area contributed by atoms with Gasteiger partial charge in [0.1, 0.15) is 11.4 Å². The van der Waals surface area contributed by atoms with E-state index in [2.05, 4.69) is 20.6 Å². The monoisotopic (exact) mass is 330 g/mol. The van der Waals surface area contributed by atoms with Gasteiger partial charge in [0.2, 0.25) is 0 Å². The molecule has 1 saturated heterocycles. The van der Waals surface area contributed by atoms with Crippen LogP contribution in [-0.2, 0) is 6.54 Å². The third kappa shape index (κ3) is 3.53. The smallest absolute Gasteiger partial charge is 0.257 e. The number of β-amino-alcohol motifs (C(OH)–C–C–N with tert-alkyl or cyclic N) is 1. The molecule has 3 rings (SSSR count). The summed E-state index contributed by atoms with van der Waals surface area (Å²) in [5.41, 5.74) is -0.465. The number of hydrogen-bond donors (Lipinski definition) is 2. The maximum absolute atomic E-state index is 12.8. The molecule has 0 saturated carbocycles. The van der Waals surface area contributed by atoms with Gasteiger partial charge in [0, 0.05) is 25.0 Å². The molecular weight excluding hydrogens is 308 g/mol. The van der Waals surface area contributed by atoms with Gasteiger partial charge in [-0.05, 0) is 32.4 Å². The molecule has 128 valence electrons. The van der Waals surface area contributed by atoms with E-state index < -0.39 is 5.60 Å². The highest BCUT2D eigenvalue weighted by Crippen LogP contribution is 2.26. The van der Waals surface area contributed by atoms with E-state index in [9.17, 15) is 9.90 Å². The zero-order valence-electron chi connectivity index (χ0n) is 13.9. The maximum atomic E-state index is 12.8. The molecule has 24 heavy (non-hydrogen) atoms. The van der Waals surface area contributed by atoms with Crippen LogP contribution in [-0.4, -0.2) is 60.6 Å². The van der Waals surface area contributed by atoms with Crippen molar-refractivity contribution in [3.05, 3.63) is 36.3 Å². The first-order chi connectivity index (χ1) is 11.5. The summed E-state index contributed by atoms with van der Waals surface area (Å²) >= 11 is 0. The highest BCUT2D eigenvalue weighted by atomic mass is 16.3. The van der Waals surface area contributed by atoms with Crippen LogP contribution < -0.4 is 5.32 Å². The lowest BCUT2D eigenvalue weighted by atomic mass is 10.0. The second-order valence-corrected chi connectivity index (χ2v) is 6.50. The minimum atomic E-state index is -0.989. The predicted octanol–water partition coefficient (Wildman–Crippen LogP) is 0.771. The summed E-state index contributed by atoms with van der Waals surface area (Å²) in [6.45, 7) is 5.08.